The molecule has 2 aliphatic heterocycles. The van der Waals surface area contributed by atoms with Gasteiger partial charge in [0, 0.05) is 56.9 Å². The second-order valence-electron chi connectivity index (χ2n) is 10.8. The second kappa shape index (κ2) is 12.7. The highest BCUT2D eigenvalue weighted by Gasteiger charge is 2.41. The molecule has 0 bridgehead atoms. The molecule has 0 saturated carbocycles. The minimum Gasteiger partial charge on any atom is -0.420 e. The first-order chi connectivity index (χ1) is 20.1. The molecule has 1 amide bonds. The number of carbonyl (C=O) groups excluding carboxylic acids is 2. The smallest absolute Gasteiger partial charge is 0.420 e. The fourth-order valence-corrected chi connectivity index (χ4v) is 5.64. The van der Waals surface area contributed by atoms with E-state index in [1.54, 1.807) is 23.1 Å². The van der Waals surface area contributed by atoms with Gasteiger partial charge >= 0.3 is 6.18 Å². The van der Waals surface area contributed by atoms with Crippen molar-refractivity contribution in [1.29, 1.82) is 0 Å². The number of piperidine rings is 1. The number of anilines is 2. The number of hydrogen-bond donors (Lipinski definition) is 0. The van der Waals surface area contributed by atoms with E-state index in [2.05, 4.69) is 14.9 Å². The third-order valence-electron chi connectivity index (χ3n) is 7.76. The number of carbonyl (C=O) groups is 2. The van der Waals surface area contributed by atoms with Gasteiger partial charge in [-0.1, -0.05) is 23.7 Å². The van der Waals surface area contributed by atoms with Gasteiger partial charge in [-0.05, 0) is 67.5 Å². The third-order valence-corrected chi connectivity index (χ3v) is 7.99. The predicted molar refractivity (Wildman–Crippen MR) is 153 cm³/mol. The molecule has 3 aromatic rings. The lowest BCUT2D eigenvalue weighted by Crippen LogP contribution is -2.36. The number of benzene rings is 1. The summed E-state index contributed by atoms with van der Waals surface area (Å²) in [5, 5.41) is 0.642. The van der Waals surface area contributed by atoms with Crippen molar-refractivity contribution in [3.05, 3.63) is 69.7 Å². The average molecular weight is 604 g/mol. The highest BCUT2D eigenvalue weighted by Crippen LogP contribution is 2.35. The van der Waals surface area contributed by atoms with Crippen LogP contribution in [-0.4, -0.2) is 65.8 Å². The molecule has 0 atom stereocenters. The van der Waals surface area contributed by atoms with Crippen LogP contribution in [0.5, 0.6) is 0 Å². The summed E-state index contributed by atoms with van der Waals surface area (Å²) in [5.74, 6) is -0.832. The number of nitrogens with zero attached hydrogens (tertiary/aromatic N) is 5. The number of aromatic nitrogens is 2. The fraction of sp³-hybridized carbons (Fsp3) is 0.467. The molecule has 2 aliphatic rings. The van der Waals surface area contributed by atoms with Gasteiger partial charge in [-0.3, -0.25) is 9.59 Å². The van der Waals surface area contributed by atoms with Crippen LogP contribution < -0.4 is 9.80 Å². The first-order valence-electron chi connectivity index (χ1n) is 14.2. The summed E-state index contributed by atoms with van der Waals surface area (Å²) < 4.78 is 46.5. The van der Waals surface area contributed by atoms with Crippen molar-refractivity contribution >= 4 is 35.1 Å². The van der Waals surface area contributed by atoms with Gasteiger partial charge in [0.1, 0.15) is 5.82 Å². The van der Waals surface area contributed by atoms with Crippen LogP contribution in [0.3, 0.4) is 0 Å². The van der Waals surface area contributed by atoms with E-state index in [4.69, 9.17) is 16.0 Å². The van der Waals surface area contributed by atoms with Gasteiger partial charge in [0.25, 0.3) is 6.01 Å². The van der Waals surface area contributed by atoms with Crippen molar-refractivity contribution < 1.29 is 27.2 Å². The molecular formula is C30H33ClF3N5O3. The topological polar surface area (TPSA) is 82.8 Å². The van der Waals surface area contributed by atoms with Gasteiger partial charge in [-0.25, -0.2) is 4.98 Å². The molecular weight excluding hydrogens is 571 g/mol. The SMILES string of the molecule is Cc1cc(Cl)ccc1CC(=O)N1CCCN(c2ccc(CC(=O)c3oc(N4CCCCC4)nc3C(F)(F)F)cn2)CC1. The van der Waals surface area contributed by atoms with Crippen LogP contribution in [0.4, 0.5) is 25.0 Å². The summed E-state index contributed by atoms with van der Waals surface area (Å²) in [6.07, 6.45) is 0.134. The Kier molecular flexibility index (Phi) is 9.05. The number of ketones is 1. The zero-order chi connectivity index (χ0) is 29.9. The standard InChI is InChI=1S/C30H33ClF3N5O3/c1-20-16-23(31)8-7-22(20)18-26(41)38-13-5-12-37(14-15-38)25-9-6-21(19-35-25)17-24(40)27-28(30(32,33)34)36-29(42-27)39-10-3-2-4-11-39/h6-9,16,19H,2-5,10-15,17-18H2,1H3. The Morgan fingerprint density at radius 3 is 2.38 bits per heavy atom. The van der Waals surface area contributed by atoms with Crippen molar-refractivity contribution in [1.82, 2.24) is 14.9 Å². The Morgan fingerprint density at radius 1 is 0.929 bits per heavy atom. The van der Waals surface area contributed by atoms with Gasteiger partial charge in [0.15, 0.2) is 5.69 Å². The Labute approximate surface area is 247 Å². The van der Waals surface area contributed by atoms with Crippen molar-refractivity contribution in [2.24, 2.45) is 0 Å². The molecule has 0 spiro atoms. The van der Waals surface area contributed by atoms with E-state index in [1.807, 2.05) is 24.0 Å². The van der Waals surface area contributed by atoms with Crippen molar-refractivity contribution in [2.75, 3.05) is 49.1 Å². The molecule has 0 aliphatic carbocycles. The number of pyridine rings is 1. The van der Waals surface area contributed by atoms with E-state index >= 15 is 0 Å². The average Bonchev–Trinajstić information content (AvgIpc) is 3.29. The number of amides is 1. The van der Waals surface area contributed by atoms with Crippen LogP contribution in [-0.2, 0) is 23.8 Å². The summed E-state index contributed by atoms with van der Waals surface area (Å²) in [7, 11) is 0. The van der Waals surface area contributed by atoms with Crippen LogP contribution in [0, 0.1) is 6.92 Å². The molecule has 224 valence electrons. The Hall–Kier alpha value is -3.60. The first-order valence-corrected chi connectivity index (χ1v) is 14.5. The Balaban J connectivity index is 1.20. The third kappa shape index (κ3) is 7.06. The summed E-state index contributed by atoms with van der Waals surface area (Å²) in [5.41, 5.74) is 1.12. The molecule has 5 rings (SSSR count). The van der Waals surface area contributed by atoms with Gasteiger partial charge in [-0.15, -0.1) is 0 Å². The van der Waals surface area contributed by atoms with Gasteiger partial charge in [-0.2, -0.15) is 18.2 Å². The summed E-state index contributed by atoms with van der Waals surface area (Å²) in [6.45, 7) is 5.48. The highest BCUT2D eigenvalue weighted by molar-refractivity contribution is 6.30. The number of alkyl halides is 3. The lowest BCUT2D eigenvalue weighted by Gasteiger charge is -2.24. The maximum absolute atomic E-state index is 13.7. The van der Waals surface area contributed by atoms with Crippen LogP contribution in [0.25, 0.3) is 0 Å². The van der Waals surface area contributed by atoms with Gasteiger partial charge < -0.3 is 19.1 Å². The highest BCUT2D eigenvalue weighted by atomic mass is 35.5. The fourth-order valence-electron chi connectivity index (χ4n) is 5.41. The molecule has 8 nitrogen and oxygen atoms in total. The molecule has 2 fully saturated rings. The van der Waals surface area contributed by atoms with E-state index in [0.717, 1.165) is 36.8 Å². The molecule has 4 heterocycles. The summed E-state index contributed by atoms with van der Waals surface area (Å²) >= 11 is 6.04. The lowest BCUT2D eigenvalue weighted by atomic mass is 10.1. The van der Waals surface area contributed by atoms with E-state index in [0.29, 0.717) is 62.1 Å². The van der Waals surface area contributed by atoms with E-state index in [9.17, 15) is 22.8 Å². The predicted octanol–water partition coefficient (Wildman–Crippen LogP) is 5.75. The number of halogens is 4. The monoisotopic (exact) mass is 603 g/mol. The minimum atomic E-state index is -4.81. The molecule has 1 aromatic carbocycles. The van der Waals surface area contributed by atoms with Crippen LogP contribution in [0.1, 0.15) is 58.6 Å². The van der Waals surface area contributed by atoms with Crippen molar-refractivity contribution in [3.63, 3.8) is 0 Å². The normalized spacial score (nSPS) is 16.5. The van der Waals surface area contributed by atoms with Gasteiger partial charge in [0.2, 0.25) is 17.5 Å². The van der Waals surface area contributed by atoms with Crippen molar-refractivity contribution in [3.8, 4) is 0 Å². The first kappa shape index (κ1) is 29.9. The summed E-state index contributed by atoms with van der Waals surface area (Å²) in [6, 6.07) is 8.81. The Bertz CT molecular complexity index is 1420. The zero-order valence-corrected chi connectivity index (χ0v) is 24.2. The van der Waals surface area contributed by atoms with Crippen LogP contribution >= 0.6 is 11.6 Å². The van der Waals surface area contributed by atoms with Gasteiger partial charge in [0.05, 0.1) is 6.42 Å². The number of oxazole rings is 1. The number of rotatable bonds is 7. The second-order valence-corrected chi connectivity index (χ2v) is 11.2. The molecule has 2 saturated heterocycles. The van der Waals surface area contributed by atoms with Crippen LogP contribution in [0.2, 0.25) is 5.02 Å². The molecule has 0 radical (unpaired) electrons. The maximum atomic E-state index is 13.7. The largest absolute Gasteiger partial charge is 0.437 e. The zero-order valence-electron chi connectivity index (χ0n) is 23.4. The number of aryl methyl sites for hydroxylation is 1. The van der Waals surface area contributed by atoms with E-state index in [-0.39, 0.29) is 18.3 Å². The van der Waals surface area contributed by atoms with Crippen LogP contribution in [0.15, 0.2) is 40.9 Å². The van der Waals surface area contributed by atoms with E-state index in [1.165, 1.54) is 6.20 Å². The molecule has 0 N–H and O–H groups in total. The molecule has 2 aromatic heterocycles. The van der Waals surface area contributed by atoms with Crippen molar-refractivity contribution in [2.45, 2.75) is 51.6 Å². The Morgan fingerprint density at radius 2 is 1.69 bits per heavy atom. The molecule has 42 heavy (non-hydrogen) atoms. The van der Waals surface area contributed by atoms with E-state index < -0.39 is 23.4 Å². The number of hydrogen-bond acceptors (Lipinski definition) is 7. The molecule has 0 unspecified atom stereocenters. The number of Topliss-reactive ketones (excluding diaryl/α,β-unsaturated/α-hetero) is 1. The minimum absolute atomic E-state index is 0.0539. The summed E-state index contributed by atoms with van der Waals surface area (Å²) in [4.78, 5) is 39.6. The quantitative estimate of drug-likeness (QED) is 0.318. The lowest BCUT2D eigenvalue weighted by molar-refractivity contribution is -0.141. The molecule has 12 heteroatoms. The maximum Gasteiger partial charge on any atom is 0.437 e.